The lowest BCUT2D eigenvalue weighted by Crippen LogP contribution is -2.27. The topological polar surface area (TPSA) is 35.8 Å². The van der Waals surface area contributed by atoms with Crippen LogP contribution < -0.4 is 0 Å². The van der Waals surface area contributed by atoms with Gasteiger partial charge in [-0.15, -0.1) is 0 Å². The Labute approximate surface area is 149 Å². The van der Waals surface area contributed by atoms with Gasteiger partial charge in [0.2, 0.25) is 0 Å². The van der Waals surface area contributed by atoms with Crippen molar-refractivity contribution in [2.24, 2.45) is 11.1 Å². The fraction of sp³-hybridized carbons (Fsp3) is 0.500. The van der Waals surface area contributed by atoms with Crippen LogP contribution in [0.25, 0.3) is 6.08 Å². The first kappa shape index (κ1) is 20.0. The van der Waals surface area contributed by atoms with Gasteiger partial charge in [0.1, 0.15) is 0 Å². The molecule has 0 fully saturated rings. The molecule has 1 rings (SSSR count). The molecule has 5 heteroatoms. The molecule has 0 aliphatic heterocycles. The Morgan fingerprint density at radius 1 is 1.26 bits per heavy atom. The first-order chi connectivity index (χ1) is 11.0. The lowest BCUT2D eigenvalue weighted by Gasteiger charge is -2.20. The van der Waals surface area contributed by atoms with Crippen molar-refractivity contribution in [3.05, 3.63) is 39.9 Å². The molecule has 0 radical (unpaired) electrons. The van der Waals surface area contributed by atoms with Gasteiger partial charge < -0.3 is 10.1 Å². The molecular formula is C18H26Cl2N2O. The molecule has 3 nitrogen and oxygen atoms in total. The molecule has 0 aliphatic carbocycles. The lowest BCUT2D eigenvalue weighted by molar-refractivity contribution is 0.305. The maximum atomic E-state index is 9.41. The maximum Gasteiger partial charge on any atom is 0.0839 e. The minimum Gasteiger partial charge on any atom is -0.411 e. The quantitative estimate of drug-likeness (QED) is 0.270. The summed E-state index contributed by atoms with van der Waals surface area (Å²) in [5.74, 6) is 0.209. The Bertz CT molecular complexity index is 542. The van der Waals surface area contributed by atoms with Crippen LogP contribution in [0.5, 0.6) is 0 Å². The van der Waals surface area contributed by atoms with Gasteiger partial charge in [0.15, 0.2) is 0 Å². The van der Waals surface area contributed by atoms with Crippen molar-refractivity contribution in [1.82, 2.24) is 4.90 Å². The molecule has 1 aromatic rings. The van der Waals surface area contributed by atoms with Crippen LogP contribution in [-0.2, 0) is 0 Å². The Hall–Kier alpha value is -1.03. The van der Waals surface area contributed by atoms with Crippen LogP contribution >= 0.6 is 23.2 Å². The smallest absolute Gasteiger partial charge is 0.0839 e. The molecule has 0 saturated carbocycles. The molecule has 0 saturated heterocycles. The highest BCUT2D eigenvalue weighted by Crippen LogP contribution is 2.23. The van der Waals surface area contributed by atoms with E-state index in [-0.39, 0.29) is 5.92 Å². The molecule has 0 bridgehead atoms. The first-order valence-electron chi connectivity index (χ1n) is 7.97. The zero-order chi connectivity index (χ0) is 17.2. The molecule has 128 valence electrons. The summed E-state index contributed by atoms with van der Waals surface area (Å²) in [5.41, 5.74) is 1.62. The second kappa shape index (κ2) is 10.7. The van der Waals surface area contributed by atoms with Crippen LogP contribution in [-0.4, -0.2) is 36.5 Å². The number of nitrogens with zero attached hydrogens (tertiary/aromatic N) is 2. The summed E-state index contributed by atoms with van der Waals surface area (Å²) in [6.45, 7) is 3.04. The Balaban J connectivity index is 2.84. The Morgan fingerprint density at radius 3 is 2.57 bits per heavy atom. The summed E-state index contributed by atoms with van der Waals surface area (Å²) in [6, 6.07) is 5.45. The number of allylic oxidation sites excluding steroid dienone is 1. The predicted octanol–water partition coefficient (Wildman–Crippen LogP) is 5.59. The van der Waals surface area contributed by atoms with Crippen molar-refractivity contribution in [3.8, 4) is 0 Å². The number of benzene rings is 1. The van der Waals surface area contributed by atoms with E-state index in [0.717, 1.165) is 24.9 Å². The summed E-state index contributed by atoms with van der Waals surface area (Å²) in [4.78, 5) is 2.12. The second-order valence-corrected chi connectivity index (χ2v) is 6.80. The SMILES string of the molecule is CCCCC[C@@H](CN(C)C)C(/C=C/c1ccc(Cl)c(Cl)c1)=N\O. The van der Waals surface area contributed by atoms with Gasteiger partial charge in [-0.3, -0.25) is 0 Å². The highest BCUT2D eigenvalue weighted by molar-refractivity contribution is 6.42. The number of unbranched alkanes of at least 4 members (excludes halogenated alkanes) is 2. The third-order valence-electron chi connectivity index (χ3n) is 3.67. The van der Waals surface area contributed by atoms with Crippen LogP contribution in [0, 0.1) is 5.92 Å². The summed E-state index contributed by atoms with van der Waals surface area (Å²) in [6.07, 6.45) is 8.28. The fourth-order valence-corrected chi connectivity index (χ4v) is 2.77. The van der Waals surface area contributed by atoms with Crippen LogP contribution in [0.3, 0.4) is 0 Å². The highest BCUT2D eigenvalue weighted by atomic mass is 35.5. The minimum atomic E-state index is 0.209. The van der Waals surface area contributed by atoms with Gasteiger partial charge in [-0.1, -0.05) is 66.7 Å². The normalized spacial score (nSPS) is 13.9. The zero-order valence-corrected chi connectivity index (χ0v) is 15.6. The maximum absolute atomic E-state index is 9.41. The summed E-state index contributed by atoms with van der Waals surface area (Å²) < 4.78 is 0. The summed E-state index contributed by atoms with van der Waals surface area (Å²) in [7, 11) is 4.06. The van der Waals surface area contributed by atoms with E-state index < -0.39 is 0 Å². The average Bonchev–Trinajstić information content (AvgIpc) is 2.50. The molecular weight excluding hydrogens is 331 g/mol. The average molecular weight is 357 g/mol. The number of rotatable bonds is 9. The van der Waals surface area contributed by atoms with Crippen molar-refractivity contribution in [2.45, 2.75) is 32.6 Å². The van der Waals surface area contributed by atoms with Crippen LogP contribution in [0.15, 0.2) is 29.4 Å². The number of hydrogen-bond acceptors (Lipinski definition) is 3. The van der Waals surface area contributed by atoms with E-state index in [1.54, 1.807) is 12.1 Å². The lowest BCUT2D eigenvalue weighted by atomic mass is 9.94. The standard InChI is InChI=1S/C18H26Cl2N2O/c1-4-5-6-7-15(13-22(2)3)18(21-23)11-9-14-8-10-16(19)17(20)12-14/h8-12,15,23H,4-7,13H2,1-3H3/b11-9+,21-18-/t15-/m0/s1. The van der Waals surface area contributed by atoms with Gasteiger partial charge in [0.05, 0.1) is 15.8 Å². The predicted molar refractivity (Wildman–Crippen MR) is 101 cm³/mol. The number of halogens is 2. The third kappa shape index (κ3) is 7.38. The molecule has 23 heavy (non-hydrogen) atoms. The molecule has 1 aromatic carbocycles. The van der Waals surface area contributed by atoms with Crippen molar-refractivity contribution >= 4 is 35.0 Å². The Morgan fingerprint density at radius 2 is 2.00 bits per heavy atom. The molecule has 1 atom stereocenters. The van der Waals surface area contributed by atoms with E-state index in [4.69, 9.17) is 23.2 Å². The second-order valence-electron chi connectivity index (χ2n) is 5.99. The van der Waals surface area contributed by atoms with Gasteiger partial charge in [-0.25, -0.2) is 0 Å². The fourth-order valence-electron chi connectivity index (χ4n) is 2.46. The molecule has 0 heterocycles. The van der Waals surface area contributed by atoms with E-state index >= 15 is 0 Å². The molecule has 0 unspecified atom stereocenters. The summed E-state index contributed by atoms with van der Waals surface area (Å²) in [5, 5.41) is 14.0. The van der Waals surface area contributed by atoms with Crippen molar-refractivity contribution < 1.29 is 5.21 Å². The third-order valence-corrected chi connectivity index (χ3v) is 4.40. The zero-order valence-electron chi connectivity index (χ0n) is 14.1. The minimum absolute atomic E-state index is 0.209. The van der Waals surface area contributed by atoms with E-state index in [9.17, 15) is 5.21 Å². The van der Waals surface area contributed by atoms with Gasteiger partial charge in [0, 0.05) is 12.5 Å². The first-order valence-corrected chi connectivity index (χ1v) is 8.73. The molecule has 0 aromatic heterocycles. The highest BCUT2D eigenvalue weighted by Gasteiger charge is 2.15. The van der Waals surface area contributed by atoms with Gasteiger partial charge in [-0.05, 0) is 44.3 Å². The molecule has 0 aliphatic rings. The molecule has 0 spiro atoms. The van der Waals surface area contributed by atoms with Crippen molar-refractivity contribution in [3.63, 3.8) is 0 Å². The monoisotopic (exact) mass is 356 g/mol. The van der Waals surface area contributed by atoms with E-state index in [0.29, 0.717) is 15.8 Å². The summed E-state index contributed by atoms with van der Waals surface area (Å²) >= 11 is 12.0. The molecule has 1 N–H and O–H groups in total. The van der Waals surface area contributed by atoms with Crippen LogP contribution in [0.1, 0.15) is 38.2 Å². The Kier molecular flexibility index (Phi) is 9.30. The number of hydrogen-bond donors (Lipinski definition) is 1. The van der Waals surface area contributed by atoms with E-state index in [1.807, 2.05) is 32.3 Å². The molecule has 0 amide bonds. The van der Waals surface area contributed by atoms with E-state index in [1.165, 1.54) is 12.8 Å². The van der Waals surface area contributed by atoms with Gasteiger partial charge in [-0.2, -0.15) is 0 Å². The van der Waals surface area contributed by atoms with Crippen LogP contribution in [0.2, 0.25) is 10.0 Å². The van der Waals surface area contributed by atoms with Gasteiger partial charge >= 0.3 is 0 Å². The largest absolute Gasteiger partial charge is 0.411 e. The number of oxime groups is 1. The van der Waals surface area contributed by atoms with E-state index in [2.05, 4.69) is 17.0 Å². The van der Waals surface area contributed by atoms with Crippen LogP contribution in [0.4, 0.5) is 0 Å². The van der Waals surface area contributed by atoms with Gasteiger partial charge in [0.25, 0.3) is 0 Å². The van der Waals surface area contributed by atoms with Crippen molar-refractivity contribution in [1.29, 1.82) is 0 Å². The van der Waals surface area contributed by atoms with Crippen molar-refractivity contribution in [2.75, 3.05) is 20.6 Å².